The van der Waals surface area contributed by atoms with Crippen LogP contribution >= 0.6 is 12.2 Å². The molecule has 2 aromatic carbocycles. The first-order valence-corrected chi connectivity index (χ1v) is 9.59. The van der Waals surface area contributed by atoms with Crippen LogP contribution in [0.5, 0.6) is 11.5 Å². The van der Waals surface area contributed by atoms with E-state index in [1.54, 1.807) is 13.3 Å². The number of nitrogens with zero attached hydrogens (tertiary/aromatic N) is 1. The van der Waals surface area contributed by atoms with Gasteiger partial charge in [0.1, 0.15) is 0 Å². The van der Waals surface area contributed by atoms with Crippen molar-refractivity contribution in [2.75, 3.05) is 19.0 Å². The molecule has 0 spiro atoms. The second-order valence-corrected chi connectivity index (χ2v) is 6.42. The zero-order valence-electron chi connectivity index (χ0n) is 15.9. The molecule has 0 unspecified atom stereocenters. The van der Waals surface area contributed by atoms with Crippen molar-refractivity contribution < 1.29 is 9.47 Å². The van der Waals surface area contributed by atoms with E-state index in [1.807, 2.05) is 48.5 Å². The van der Waals surface area contributed by atoms with Crippen LogP contribution < -0.4 is 20.2 Å². The van der Waals surface area contributed by atoms with Crippen LogP contribution in [0.1, 0.15) is 38.2 Å². The molecule has 0 radical (unpaired) electrons. The van der Waals surface area contributed by atoms with Crippen molar-refractivity contribution >= 4 is 29.2 Å². The smallest absolute Gasteiger partial charge is 0.191 e. The lowest BCUT2D eigenvalue weighted by Gasteiger charge is -2.11. The SMILES string of the molecule is CCCCCCOc1ccc(C=NNC(=S)Nc2ccccc2)cc1OC. The van der Waals surface area contributed by atoms with E-state index in [0.717, 1.165) is 23.4 Å². The Bertz CT molecular complexity index is 735. The summed E-state index contributed by atoms with van der Waals surface area (Å²) < 4.78 is 11.2. The standard InChI is InChI=1S/C21H27N3O2S/c1-3-4-5-9-14-26-19-13-12-17(15-20(19)25-2)16-22-24-21(27)23-18-10-7-6-8-11-18/h6-8,10-13,15-16H,3-5,9,14H2,1-2H3,(H2,23,24,27). The molecule has 27 heavy (non-hydrogen) atoms. The van der Waals surface area contributed by atoms with Gasteiger partial charge in [-0.15, -0.1) is 0 Å². The molecule has 0 amide bonds. The Morgan fingerprint density at radius 2 is 1.89 bits per heavy atom. The monoisotopic (exact) mass is 385 g/mol. The molecule has 0 aliphatic rings. The Morgan fingerprint density at radius 1 is 1.07 bits per heavy atom. The first-order chi connectivity index (χ1) is 13.2. The number of benzene rings is 2. The van der Waals surface area contributed by atoms with E-state index >= 15 is 0 Å². The Kier molecular flexibility index (Phi) is 9.13. The number of rotatable bonds is 10. The highest BCUT2D eigenvalue weighted by atomic mass is 32.1. The fourth-order valence-corrected chi connectivity index (χ4v) is 2.61. The average molecular weight is 386 g/mol. The molecule has 0 aliphatic carbocycles. The van der Waals surface area contributed by atoms with Gasteiger partial charge in [-0.25, -0.2) is 0 Å². The van der Waals surface area contributed by atoms with Gasteiger partial charge < -0.3 is 14.8 Å². The Morgan fingerprint density at radius 3 is 2.63 bits per heavy atom. The fraction of sp³-hybridized carbons (Fsp3) is 0.333. The van der Waals surface area contributed by atoms with E-state index < -0.39 is 0 Å². The molecule has 6 heteroatoms. The van der Waals surface area contributed by atoms with Gasteiger partial charge in [0, 0.05) is 5.69 Å². The zero-order chi connectivity index (χ0) is 19.3. The maximum Gasteiger partial charge on any atom is 0.191 e. The summed E-state index contributed by atoms with van der Waals surface area (Å²) in [7, 11) is 1.64. The largest absolute Gasteiger partial charge is 0.493 e. The second-order valence-electron chi connectivity index (χ2n) is 6.01. The number of ether oxygens (including phenoxy) is 2. The summed E-state index contributed by atoms with van der Waals surface area (Å²) in [6, 6.07) is 15.4. The summed E-state index contributed by atoms with van der Waals surface area (Å²) in [4.78, 5) is 0. The number of para-hydroxylation sites is 1. The Hall–Kier alpha value is -2.60. The van der Waals surface area contributed by atoms with Gasteiger partial charge in [0.25, 0.3) is 0 Å². The summed E-state index contributed by atoms with van der Waals surface area (Å²) >= 11 is 5.22. The van der Waals surface area contributed by atoms with Crippen molar-refractivity contribution in [1.82, 2.24) is 5.43 Å². The van der Waals surface area contributed by atoms with Gasteiger partial charge in [0.15, 0.2) is 16.6 Å². The van der Waals surface area contributed by atoms with Gasteiger partial charge >= 0.3 is 0 Å². The molecule has 0 saturated carbocycles. The van der Waals surface area contributed by atoms with Gasteiger partial charge in [-0.2, -0.15) is 5.10 Å². The number of hydrogen-bond donors (Lipinski definition) is 2. The minimum absolute atomic E-state index is 0.427. The number of hydrogen-bond acceptors (Lipinski definition) is 4. The Balaban J connectivity index is 1.85. The van der Waals surface area contributed by atoms with Crippen LogP contribution in [0.15, 0.2) is 53.6 Å². The highest BCUT2D eigenvalue weighted by molar-refractivity contribution is 7.80. The molecule has 2 aromatic rings. The molecule has 0 aromatic heterocycles. The molecule has 0 atom stereocenters. The molecule has 2 rings (SSSR count). The van der Waals surface area contributed by atoms with Gasteiger partial charge in [-0.05, 0) is 54.5 Å². The number of anilines is 1. The maximum absolute atomic E-state index is 5.82. The van der Waals surface area contributed by atoms with Crippen LogP contribution in [0.3, 0.4) is 0 Å². The fourth-order valence-electron chi connectivity index (χ4n) is 2.44. The summed E-state index contributed by atoms with van der Waals surface area (Å²) in [6.45, 7) is 2.90. The summed E-state index contributed by atoms with van der Waals surface area (Å²) in [5.74, 6) is 1.44. The minimum Gasteiger partial charge on any atom is -0.493 e. The predicted octanol–water partition coefficient (Wildman–Crippen LogP) is 4.97. The molecule has 5 nitrogen and oxygen atoms in total. The van der Waals surface area contributed by atoms with Crippen LogP contribution in [-0.4, -0.2) is 25.0 Å². The topological polar surface area (TPSA) is 54.9 Å². The van der Waals surface area contributed by atoms with E-state index in [-0.39, 0.29) is 0 Å². The van der Waals surface area contributed by atoms with Crippen molar-refractivity contribution in [3.05, 3.63) is 54.1 Å². The Labute approximate surface area is 166 Å². The lowest BCUT2D eigenvalue weighted by Crippen LogP contribution is -2.23. The van der Waals surface area contributed by atoms with Crippen LogP contribution in [0.4, 0.5) is 5.69 Å². The van der Waals surface area contributed by atoms with Gasteiger partial charge in [0.05, 0.1) is 19.9 Å². The number of unbranched alkanes of at least 4 members (excludes halogenated alkanes) is 3. The molecule has 0 saturated heterocycles. The summed E-state index contributed by atoms with van der Waals surface area (Å²) in [5, 5.41) is 7.65. The molecule has 0 heterocycles. The molecule has 0 bridgehead atoms. The van der Waals surface area contributed by atoms with Gasteiger partial charge in [0.2, 0.25) is 0 Å². The number of thiocarbonyl (C=S) groups is 1. The van der Waals surface area contributed by atoms with E-state index in [2.05, 4.69) is 22.8 Å². The van der Waals surface area contributed by atoms with Crippen molar-refractivity contribution in [2.24, 2.45) is 5.10 Å². The van der Waals surface area contributed by atoms with Crippen molar-refractivity contribution in [1.29, 1.82) is 0 Å². The highest BCUT2D eigenvalue weighted by Gasteiger charge is 2.05. The normalized spacial score (nSPS) is 10.6. The minimum atomic E-state index is 0.427. The molecule has 144 valence electrons. The lowest BCUT2D eigenvalue weighted by molar-refractivity contribution is 0.285. The zero-order valence-corrected chi connectivity index (χ0v) is 16.7. The van der Waals surface area contributed by atoms with E-state index in [9.17, 15) is 0 Å². The molecular weight excluding hydrogens is 358 g/mol. The number of hydrazone groups is 1. The quantitative estimate of drug-likeness (QED) is 0.262. The molecule has 2 N–H and O–H groups in total. The number of methoxy groups -OCH3 is 1. The van der Waals surface area contributed by atoms with Crippen LogP contribution in [0, 0.1) is 0 Å². The highest BCUT2D eigenvalue weighted by Crippen LogP contribution is 2.27. The van der Waals surface area contributed by atoms with Crippen LogP contribution in [-0.2, 0) is 0 Å². The van der Waals surface area contributed by atoms with Crippen molar-refractivity contribution in [3.63, 3.8) is 0 Å². The second kappa shape index (κ2) is 11.9. The van der Waals surface area contributed by atoms with Gasteiger partial charge in [-0.1, -0.05) is 44.4 Å². The molecule has 0 aliphatic heterocycles. The predicted molar refractivity (Wildman–Crippen MR) is 116 cm³/mol. The first kappa shape index (κ1) is 20.7. The summed E-state index contributed by atoms with van der Waals surface area (Å²) in [5.41, 5.74) is 4.60. The van der Waals surface area contributed by atoms with Crippen LogP contribution in [0.25, 0.3) is 0 Å². The molecule has 0 fully saturated rings. The maximum atomic E-state index is 5.82. The van der Waals surface area contributed by atoms with Crippen LogP contribution in [0.2, 0.25) is 0 Å². The third-order valence-electron chi connectivity index (χ3n) is 3.85. The number of nitrogens with one attached hydrogen (secondary N) is 2. The first-order valence-electron chi connectivity index (χ1n) is 9.19. The summed E-state index contributed by atoms with van der Waals surface area (Å²) in [6.07, 6.45) is 6.38. The third-order valence-corrected chi connectivity index (χ3v) is 4.05. The van der Waals surface area contributed by atoms with E-state index in [4.69, 9.17) is 21.7 Å². The lowest BCUT2D eigenvalue weighted by atomic mass is 10.2. The average Bonchev–Trinajstić information content (AvgIpc) is 2.69. The van der Waals surface area contributed by atoms with Gasteiger partial charge in [-0.3, -0.25) is 5.43 Å². The van der Waals surface area contributed by atoms with E-state index in [1.165, 1.54) is 19.3 Å². The molecular formula is C21H27N3O2S. The van der Waals surface area contributed by atoms with Crippen molar-refractivity contribution in [3.8, 4) is 11.5 Å². The third kappa shape index (κ3) is 7.66. The van der Waals surface area contributed by atoms with Crippen molar-refractivity contribution in [2.45, 2.75) is 32.6 Å². The van der Waals surface area contributed by atoms with E-state index in [0.29, 0.717) is 17.5 Å².